The SMILES string of the molecule is CN([C@H]1CC[C@H](c2ccc(CNCC(=O)OC(C)(C)C)cc2)CC1)S(=O)(=O)c1ccc(Cl)cc1. The second kappa shape index (κ2) is 11.2. The van der Waals surface area contributed by atoms with Gasteiger partial charge in [-0.3, -0.25) is 4.79 Å². The Kier molecular flexibility index (Phi) is 8.79. The van der Waals surface area contributed by atoms with Crippen molar-refractivity contribution in [1.29, 1.82) is 0 Å². The fraction of sp³-hybridized carbons (Fsp3) is 0.500. The normalized spacial score (nSPS) is 19.2. The highest BCUT2D eigenvalue weighted by molar-refractivity contribution is 7.89. The summed E-state index contributed by atoms with van der Waals surface area (Å²) in [6, 6.07) is 14.8. The molecule has 0 saturated heterocycles. The number of nitrogens with zero attached hydrogens (tertiary/aromatic N) is 1. The number of rotatable bonds is 8. The van der Waals surface area contributed by atoms with Crippen LogP contribution in [-0.4, -0.2) is 43.9 Å². The van der Waals surface area contributed by atoms with Crippen molar-refractivity contribution in [2.75, 3.05) is 13.6 Å². The van der Waals surface area contributed by atoms with E-state index in [1.807, 2.05) is 20.8 Å². The maximum absolute atomic E-state index is 13.0. The first-order valence-electron chi connectivity index (χ1n) is 11.7. The van der Waals surface area contributed by atoms with Gasteiger partial charge in [0.1, 0.15) is 5.60 Å². The van der Waals surface area contributed by atoms with Gasteiger partial charge in [0.05, 0.1) is 11.4 Å². The first kappa shape index (κ1) is 26.7. The molecule has 34 heavy (non-hydrogen) atoms. The van der Waals surface area contributed by atoms with Gasteiger partial charge in [-0.2, -0.15) is 4.31 Å². The van der Waals surface area contributed by atoms with Gasteiger partial charge in [0.25, 0.3) is 0 Å². The zero-order valence-electron chi connectivity index (χ0n) is 20.4. The fourth-order valence-electron chi connectivity index (χ4n) is 4.34. The standard InChI is InChI=1S/C26H35ClN2O4S/c1-26(2,3)33-25(30)18-28-17-19-5-7-20(8-6-19)21-9-13-23(14-10-21)29(4)34(31,32)24-15-11-22(27)12-16-24/h5-8,11-12,15-16,21,23,28H,9-10,13-14,17-18H2,1-4H3/t21-,23-. The number of halogens is 1. The number of carbonyl (C=O) groups is 1. The third-order valence-electron chi connectivity index (χ3n) is 6.17. The largest absolute Gasteiger partial charge is 0.459 e. The summed E-state index contributed by atoms with van der Waals surface area (Å²) < 4.78 is 32.8. The van der Waals surface area contributed by atoms with E-state index in [0.29, 0.717) is 17.5 Å². The maximum atomic E-state index is 13.0. The third-order valence-corrected chi connectivity index (χ3v) is 8.35. The van der Waals surface area contributed by atoms with E-state index in [9.17, 15) is 13.2 Å². The molecule has 8 heteroatoms. The molecule has 0 spiro atoms. The van der Waals surface area contributed by atoms with E-state index in [1.165, 1.54) is 9.87 Å². The average Bonchev–Trinajstić information content (AvgIpc) is 2.78. The predicted molar refractivity (Wildman–Crippen MR) is 135 cm³/mol. The van der Waals surface area contributed by atoms with Crippen LogP contribution in [0.15, 0.2) is 53.4 Å². The molecule has 3 rings (SSSR count). The van der Waals surface area contributed by atoms with Crippen LogP contribution >= 0.6 is 11.6 Å². The quantitative estimate of drug-likeness (QED) is 0.503. The third kappa shape index (κ3) is 7.28. The molecule has 1 N–H and O–H groups in total. The Morgan fingerprint density at radius 1 is 1.03 bits per heavy atom. The van der Waals surface area contributed by atoms with E-state index in [0.717, 1.165) is 31.2 Å². The Balaban J connectivity index is 1.49. The summed E-state index contributed by atoms with van der Waals surface area (Å²) in [5.41, 5.74) is 1.90. The number of esters is 1. The molecule has 1 fully saturated rings. The van der Waals surface area contributed by atoms with Crippen molar-refractivity contribution < 1.29 is 17.9 Å². The van der Waals surface area contributed by atoms with E-state index in [4.69, 9.17) is 16.3 Å². The highest BCUT2D eigenvalue weighted by Crippen LogP contribution is 2.36. The van der Waals surface area contributed by atoms with Crippen molar-refractivity contribution in [3.8, 4) is 0 Å². The second-order valence-electron chi connectivity index (χ2n) is 9.91. The summed E-state index contributed by atoms with van der Waals surface area (Å²) >= 11 is 5.90. The molecule has 0 radical (unpaired) electrons. The number of benzene rings is 2. The lowest BCUT2D eigenvalue weighted by molar-refractivity contribution is -0.153. The van der Waals surface area contributed by atoms with E-state index in [2.05, 4.69) is 29.6 Å². The molecule has 0 atom stereocenters. The van der Waals surface area contributed by atoms with Gasteiger partial charge in [0, 0.05) is 24.7 Å². The van der Waals surface area contributed by atoms with Crippen molar-refractivity contribution in [2.24, 2.45) is 0 Å². The molecule has 1 aliphatic rings. The molecule has 2 aromatic rings. The number of hydrogen-bond acceptors (Lipinski definition) is 5. The van der Waals surface area contributed by atoms with Gasteiger partial charge in [-0.1, -0.05) is 35.9 Å². The van der Waals surface area contributed by atoms with Crippen LogP contribution in [0.2, 0.25) is 5.02 Å². The molecular weight excluding hydrogens is 472 g/mol. The van der Waals surface area contributed by atoms with Gasteiger partial charge in [-0.25, -0.2) is 8.42 Å². The predicted octanol–water partition coefficient (Wildman–Crippen LogP) is 5.12. The Bertz CT molecular complexity index is 1060. The fourth-order valence-corrected chi connectivity index (χ4v) is 5.88. The van der Waals surface area contributed by atoms with E-state index >= 15 is 0 Å². The molecule has 1 aliphatic carbocycles. The molecular formula is C26H35ClN2O4S. The summed E-state index contributed by atoms with van der Waals surface area (Å²) in [5, 5.41) is 3.65. The lowest BCUT2D eigenvalue weighted by atomic mass is 9.81. The summed E-state index contributed by atoms with van der Waals surface area (Å²) in [7, 11) is -1.86. The monoisotopic (exact) mass is 506 g/mol. The van der Waals surface area contributed by atoms with Crippen LogP contribution in [-0.2, 0) is 26.1 Å². The molecule has 186 valence electrons. The van der Waals surface area contributed by atoms with E-state index < -0.39 is 15.6 Å². The first-order chi connectivity index (χ1) is 16.0. The Morgan fingerprint density at radius 2 is 1.62 bits per heavy atom. The molecule has 6 nitrogen and oxygen atoms in total. The highest BCUT2D eigenvalue weighted by Gasteiger charge is 2.31. The average molecular weight is 507 g/mol. The van der Waals surface area contributed by atoms with Crippen LogP contribution in [0.4, 0.5) is 0 Å². The van der Waals surface area contributed by atoms with Gasteiger partial charge in [0.2, 0.25) is 10.0 Å². The van der Waals surface area contributed by atoms with Gasteiger partial charge in [0.15, 0.2) is 0 Å². The molecule has 0 aromatic heterocycles. The van der Waals surface area contributed by atoms with Crippen LogP contribution in [0.5, 0.6) is 0 Å². The molecule has 0 amide bonds. The Labute approximate surface area is 208 Å². The lowest BCUT2D eigenvalue weighted by Crippen LogP contribution is -2.39. The summed E-state index contributed by atoms with van der Waals surface area (Å²) in [5.74, 6) is 0.163. The van der Waals surface area contributed by atoms with Crippen LogP contribution < -0.4 is 5.32 Å². The van der Waals surface area contributed by atoms with Gasteiger partial charge < -0.3 is 10.1 Å². The number of carbonyl (C=O) groups excluding carboxylic acids is 1. The van der Waals surface area contributed by atoms with Crippen LogP contribution in [0.25, 0.3) is 0 Å². The van der Waals surface area contributed by atoms with Gasteiger partial charge >= 0.3 is 5.97 Å². The van der Waals surface area contributed by atoms with E-state index in [-0.39, 0.29) is 23.5 Å². The van der Waals surface area contributed by atoms with Crippen molar-refractivity contribution in [3.63, 3.8) is 0 Å². The van der Waals surface area contributed by atoms with Crippen molar-refractivity contribution in [2.45, 2.75) is 75.5 Å². The van der Waals surface area contributed by atoms with Crippen molar-refractivity contribution in [1.82, 2.24) is 9.62 Å². The minimum Gasteiger partial charge on any atom is -0.459 e. The lowest BCUT2D eigenvalue weighted by Gasteiger charge is -2.34. The molecule has 0 aliphatic heterocycles. The Morgan fingerprint density at radius 3 is 2.18 bits per heavy atom. The topological polar surface area (TPSA) is 75.7 Å². The minimum atomic E-state index is -3.53. The molecule has 1 saturated carbocycles. The van der Waals surface area contributed by atoms with Gasteiger partial charge in [-0.15, -0.1) is 0 Å². The van der Waals surface area contributed by atoms with Crippen LogP contribution in [0.1, 0.15) is 63.5 Å². The molecule has 2 aromatic carbocycles. The number of nitrogens with one attached hydrogen (secondary N) is 1. The highest BCUT2D eigenvalue weighted by atomic mass is 35.5. The number of hydrogen-bond donors (Lipinski definition) is 1. The van der Waals surface area contributed by atoms with Gasteiger partial charge in [-0.05, 0) is 87.8 Å². The van der Waals surface area contributed by atoms with Crippen molar-refractivity contribution in [3.05, 3.63) is 64.7 Å². The maximum Gasteiger partial charge on any atom is 0.320 e. The summed E-state index contributed by atoms with van der Waals surface area (Å²) in [4.78, 5) is 12.1. The molecule has 0 heterocycles. The van der Waals surface area contributed by atoms with Crippen molar-refractivity contribution >= 4 is 27.6 Å². The Hall–Kier alpha value is -1.93. The number of ether oxygens (including phenoxy) is 1. The first-order valence-corrected chi connectivity index (χ1v) is 13.5. The second-order valence-corrected chi connectivity index (χ2v) is 12.3. The smallest absolute Gasteiger partial charge is 0.320 e. The zero-order valence-corrected chi connectivity index (χ0v) is 22.0. The molecule has 0 unspecified atom stereocenters. The van der Waals surface area contributed by atoms with Crippen LogP contribution in [0, 0.1) is 0 Å². The zero-order chi connectivity index (χ0) is 24.9. The molecule has 0 bridgehead atoms. The minimum absolute atomic E-state index is 0.00624. The summed E-state index contributed by atoms with van der Waals surface area (Å²) in [6.07, 6.45) is 3.54. The number of sulfonamides is 1. The summed E-state index contributed by atoms with van der Waals surface area (Å²) in [6.45, 7) is 6.34. The van der Waals surface area contributed by atoms with E-state index in [1.54, 1.807) is 31.3 Å². The van der Waals surface area contributed by atoms with Crippen LogP contribution in [0.3, 0.4) is 0 Å².